The molecule has 1 aromatic heterocycles. The average molecular weight is 367 g/mol. The Bertz CT molecular complexity index is 1200. The molecule has 1 heterocycles. The van der Waals surface area contributed by atoms with E-state index in [0.29, 0.717) is 21.9 Å². The van der Waals surface area contributed by atoms with Crippen molar-refractivity contribution in [3.63, 3.8) is 0 Å². The van der Waals surface area contributed by atoms with Gasteiger partial charge in [-0.15, -0.1) is 0 Å². The Hall–Kier alpha value is -3.28. The molecule has 0 aliphatic rings. The number of aromatic nitrogens is 1. The summed E-state index contributed by atoms with van der Waals surface area (Å²) in [5.74, 6) is -4.56. The standard InChI is InChI=1S/C21H14F3N2O/c1-11-5-6-13-18(7-11)26(10-12-8-15(22)20(24)16(23)9-12)17-4-2-3-14(19(13)17)21(25)27/h2-5,7-9H,10H2,1H3,(H2,25,27). The van der Waals surface area contributed by atoms with Crippen LogP contribution in [0.25, 0.3) is 21.8 Å². The van der Waals surface area contributed by atoms with Gasteiger partial charge in [-0.25, -0.2) is 13.2 Å². The number of fused-ring (bicyclic) bond motifs is 3. The van der Waals surface area contributed by atoms with E-state index in [9.17, 15) is 18.0 Å². The summed E-state index contributed by atoms with van der Waals surface area (Å²) in [5, 5.41) is 1.32. The van der Waals surface area contributed by atoms with E-state index in [4.69, 9.17) is 5.73 Å². The maximum absolute atomic E-state index is 13.6. The fourth-order valence-electron chi connectivity index (χ4n) is 3.42. The molecule has 0 spiro atoms. The molecule has 0 fully saturated rings. The quantitative estimate of drug-likeness (QED) is 0.534. The van der Waals surface area contributed by atoms with Crippen molar-refractivity contribution in [1.29, 1.82) is 0 Å². The molecule has 1 amide bonds. The zero-order valence-electron chi connectivity index (χ0n) is 14.3. The SMILES string of the molecule is Cc1c[c]c2c3c(C(N)=O)cccc3n(Cc3cc(F)c(F)c(F)c3)c2c1. The van der Waals surface area contributed by atoms with Crippen LogP contribution in [0.1, 0.15) is 21.5 Å². The smallest absolute Gasteiger partial charge is 0.249 e. The third-order valence-corrected chi connectivity index (χ3v) is 4.59. The van der Waals surface area contributed by atoms with E-state index in [0.717, 1.165) is 23.2 Å². The number of nitrogens with zero attached hydrogens (tertiary/aromatic N) is 1. The second kappa shape index (κ2) is 6.16. The van der Waals surface area contributed by atoms with Crippen LogP contribution >= 0.6 is 0 Å². The fourth-order valence-corrected chi connectivity index (χ4v) is 3.42. The van der Waals surface area contributed by atoms with Crippen LogP contribution < -0.4 is 5.73 Å². The van der Waals surface area contributed by atoms with Gasteiger partial charge in [-0.3, -0.25) is 4.79 Å². The molecule has 2 N–H and O–H groups in total. The monoisotopic (exact) mass is 367 g/mol. The van der Waals surface area contributed by atoms with E-state index < -0.39 is 23.4 Å². The highest BCUT2D eigenvalue weighted by molar-refractivity contribution is 6.17. The lowest BCUT2D eigenvalue weighted by Gasteiger charge is -2.09. The number of amides is 1. The van der Waals surface area contributed by atoms with Crippen molar-refractivity contribution < 1.29 is 18.0 Å². The minimum atomic E-state index is -1.50. The molecule has 0 unspecified atom stereocenters. The van der Waals surface area contributed by atoms with Crippen LogP contribution in [0.3, 0.4) is 0 Å². The van der Waals surface area contributed by atoms with Gasteiger partial charge in [0.2, 0.25) is 5.91 Å². The third kappa shape index (κ3) is 2.73. The van der Waals surface area contributed by atoms with E-state index in [1.165, 1.54) is 0 Å². The van der Waals surface area contributed by atoms with E-state index in [1.807, 2.05) is 17.6 Å². The number of nitrogens with two attached hydrogens (primary N) is 1. The second-order valence-corrected chi connectivity index (χ2v) is 6.46. The number of primary amides is 1. The summed E-state index contributed by atoms with van der Waals surface area (Å²) in [6, 6.07) is 13.9. The molecule has 3 aromatic carbocycles. The highest BCUT2D eigenvalue weighted by Crippen LogP contribution is 2.32. The molecule has 4 rings (SSSR count). The van der Waals surface area contributed by atoms with Crippen molar-refractivity contribution >= 4 is 27.7 Å². The van der Waals surface area contributed by atoms with Gasteiger partial charge in [-0.05, 0) is 54.4 Å². The highest BCUT2D eigenvalue weighted by Gasteiger charge is 2.18. The Labute approximate surface area is 152 Å². The summed E-state index contributed by atoms with van der Waals surface area (Å²) in [7, 11) is 0. The number of carbonyl (C=O) groups is 1. The Morgan fingerprint density at radius 1 is 1.11 bits per heavy atom. The lowest BCUT2D eigenvalue weighted by molar-refractivity contribution is 0.100. The number of hydrogen-bond acceptors (Lipinski definition) is 1. The van der Waals surface area contributed by atoms with Gasteiger partial charge in [-0.1, -0.05) is 12.1 Å². The summed E-state index contributed by atoms with van der Waals surface area (Å²) in [6.45, 7) is 1.98. The van der Waals surface area contributed by atoms with Gasteiger partial charge in [0.1, 0.15) is 0 Å². The molecule has 0 aliphatic carbocycles. The highest BCUT2D eigenvalue weighted by atomic mass is 19.2. The van der Waals surface area contributed by atoms with Crippen LogP contribution in [0.2, 0.25) is 0 Å². The molecule has 6 heteroatoms. The Balaban J connectivity index is 2.03. The largest absolute Gasteiger partial charge is 0.366 e. The Morgan fingerprint density at radius 3 is 2.48 bits per heavy atom. The predicted molar refractivity (Wildman–Crippen MR) is 97.0 cm³/mol. The van der Waals surface area contributed by atoms with E-state index in [2.05, 4.69) is 6.07 Å². The molecule has 0 bridgehead atoms. The molecule has 0 atom stereocenters. The molecule has 1 radical (unpaired) electrons. The molecule has 0 saturated carbocycles. The van der Waals surface area contributed by atoms with Gasteiger partial charge < -0.3 is 10.3 Å². The lowest BCUT2D eigenvalue weighted by Crippen LogP contribution is -2.11. The summed E-state index contributed by atoms with van der Waals surface area (Å²) >= 11 is 0. The minimum absolute atomic E-state index is 0.0909. The molecule has 0 aliphatic heterocycles. The zero-order chi connectivity index (χ0) is 19.3. The Kier molecular flexibility index (Phi) is 3.91. The van der Waals surface area contributed by atoms with E-state index >= 15 is 0 Å². The number of benzene rings is 3. The molecular weight excluding hydrogens is 353 g/mol. The molecular formula is C21H14F3N2O. The van der Waals surface area contributed by atoms with Crippen molar-refractivity contribution in [3.8, 4) is 0 Å². The van der Waals surface area contributed by atoms with Crippen molar-refractivity contribution in [1.82, 2.24) is 4.57 Å². The number of aryl methyl sites for hydroxylation is 1. The molecule has 135 valence electrons. The fraction of sp³-hybridized carbons (Fsp3) is 0.0952. The molecule has 3 nitrogen and oxygen atoms in total. The van der Waals surface area contributed by atoms with Crippen LogP contribution in [-0.2, 0) is 6.54 Å². The minimum Gasteiger partial charge on any atom is -0.366 e. The third-order valence-electron chi connectivity index (χ3n) is 4.59. The van der Waals surface area contributed by atoms with Gasteiger partial charge in [0, 0.05) is 22.9 Å². The maximum Gasteiger partial charge on any atom is 0.249 e. The van der Waals surface area contributed by atoms with Crippen LogP contribution in [0.15, 0.2) is 42.5 Å². The number of carbonyl (C=O) groups excluding carboxylic acids is 1. The lowest BCUT2D eigenvalue weighted by atomic mass is 10.1. The molecule has 4 aromatic rings. The topological polar surface area (TPSA) is 48.0 Å². The van der Waals surface area contributed by atoms with Crippen LogP contribution in [0.5, 0.6) is 0 Å². The van der Waals surface area contributed by atoms with Gasteiger partial charge in [-0.2, -0.15) is 0 Å². The van der Waals surface area contributed by atoms with Crippen LogP contribution in [0, 0.1) is 30.4 Å². The van der Waals surface area contributed by atoms with Crippen molar-refractivity contribution in [2.75, 3.05) is 0 Å². The first-order valence-electron chi connectivity index (χ1n) is 8.23. The Morgan fingerprint density at radius 2 is 1.81 bits per heavy atom. The van der Waals surface area contributed by atoms with Gasteiger partial charge in [0.25, 0.3) is 0 Å². The summed E-state index contributed by atoms with van der Waals surface area (Å²) in [5.41, 5.74) is 8.46. The van der Waals surface area contributed by atoms with E-state index in [-0.39, 0.29) is 12.1 Å². The number of halogens is 3. The maximum atomic E-state index is 13.6. The number of hydrogen-bond donors (Lipinski definition) is 1. The summed E-state index contributed by atoms with van der Waals surface area (Å²) < 4.78 is 42.4. The second-order valence-electron chi connectivity index (χ2n) is 6.46. The van der Waals surface area contributed by atoms with Crippen LogP contribution in [-0.4, -0.2) is 10.5 Å². The first-order chi connectivity index (χ1) is 12.9. The normalized spacial score (nSPS) is 11.4. The number of rotatable bonds is 3. The van der Waals surface area contributed by atoms with Crippen molar-refractivity contribution in [2.45, 2.75) is 13.5 Å². The zero-order valence-corrected chi connectivity index (χ0v) is 14.3. The van der Waals surface area contributed by atoms with Gasteiger partial charge in [0.15, 0.2) is 17.5 Å². The summed E-state index contributed by atoms with van der Waals surface area (Å²) in [6.07, 6.45) is 0. The van der Waals surface area contributed by atoms with E-state index in [1.54, 1.807) is 24.3 Å². The predicted octanol–water partition coefficient (Wildman–Crippen LogP) is 4.47. The van der Waals surface area contributed by atoms with Gasteiger partial charge in [0.05, 0.1) is 11.0 Å². The molecule has 0 saturated heterocycles. The van der Waals surface area contributed by atoms with Crippen molar-refractivity contribution in [2.24, 2.45) is 5.73 Å². The van der Waals surface area contributed by atoms with Crippen molar-refractivity contribution in [3.05, 3.63) is 82.7 Å². The molecule has 27 heavy (non-hydrogen) atoms. The van der Waals surface area contributed by atoms with Gasteiger partial charge >= 0.3 is 0 Å². The first-order valence-corrected chi connectivity index (χ1v) is 8.23. The summed E-state index contributed by atoms with van der Waals surface area (Å²) in [4.78, 5) is 11.9. The average Bonchev–Trinajstić information content (AvgIpc) is 2.92. The van der Waals surface area contributed by atoms with Crippen LogP contribution in [0.4, 0.5) is 13.2 Å². The first kappa shape index (κ1) is 17.1.